The van der Waals surface area contributed by atoms with Gasteiger partial charge in [0.15, 0.2) is 0 Å². The number of pyridine rings is 2. The number of carbonyl (C=O) groups is 1. The predicted molar refractivity (Wildman–Crippen MR) is 102 cm³/mol. The quantitative estimate of drug-likeness (QED) is 0.575. The maximum absolute atomic E-state index is 12.5. The number of carboxylic acid groups (broad SMARTS) is 1. The van der Waals surface area contributed by atoms with Crippen molar-refractivity contribution in [1.29, 1.82) is 0 Å². The number of benzene rings is 1. The van der Waals surface area contributed by atoms with Crippen LogP contribution < -0.4 is 10.9 Å². The largest absolute Gasteiger partial charge is 0.477 e. The summed E-state index contributed by atoms with van der Waals surface area (Å²) in [6, 6.07) is 15.8. The third-order valence-electron chi connectivity index (χ3n) is 3.88. The summed E-state index contributed by atoms with van der Waals surface area (Å²) in [7, 11) is 0. The molecule has 0 radical (unpaired) electrons. The van der Waals surface area contributed by atoms with Crippen LogP contribution in [0.2, 0.25) is 0 Å². The van der Waals surface area contributed by atoms with Crippen LogP contribution in [-0.2, 0) is 0 Å². The fourth-order valence-corrected chi connectivity index (χ4v) is 3.87. The van der Waals surface area contributed by atoms with Crippen LogP contribution >= 0.6 is 11.3 Å². The molecule has 6 nitrogen and oxygen atoms in total. The van der Waals surface area contributed by atoms with E-state index in [4.69, 9.17) is 0 Å². The Kier molecular flexibility index (Phi) is 3.98. The molecule has 0 aliphatic heterocycles. The summed E-state index contributed by atoms with van der Waals surface area (Å²) < 4.78 is 1.53. The summed E-state index contributed by atoms with van der Waals surface area (Å²) in [5.74, 6) is -1.05. The zero-order valence-electron chi connectivity index (χ0n) is 13.4. The molecule has 3 aromatic heterocycles. The first-order chi connectivity index (χ1) is 12.6. The minimum Gasteiger partial charge on any atom is -0.477 e. The van der Waals surface area contributed by atoms with E-state index in [0.29, 0.717) is 27.3 Å². The third kappa shape index (κ3) is 2.74. The molecule has 0 amide bonds. The van der Waals surface area contributed by atoms with Crippen molar-refractivity contribution in [2.45, 2.75) is 0 Å². The number of hydrogen-bond donors (Lipinski definition) is 2. The van der Waals surface area contributed by atoms with E-state index in [1.165, 1.54) is 10.6 Å². The van der Waals surface area contributed by atoms with Gasteiger partial charge in [0.2, 0.25) is 0 Å². The molecule has 4 rings (SSSR count). The zero-order chi connectivity index (χ0) is 18.1. The lowest BCUT2D eigenvalue weighted by atomic mass is 10.2. The predicted octanol–water partition coefficient (Wildman–Crippen LogP) is 3.89. The van der Waals surface area contributed by atoms with Crippen LogP contribution in [0.3, 0.4) is 0 Å². The summed E-state index contributed by atoms with van der Waals surface area (Å²) in [5.41, 5.74) is 1.60. The lowest BCUT2D eigenvalue weighted by Crippen LogP contribution is -2.16. The molecule has 2 N–H and O–H groups in total. The van der Waals surface area contributed by atoms with Gasteiger partial charge in [-0.15, -0.1) is 11.3 Å². The first kappa shape index (κ1) is 16.0. The average molecular weight is 363 g/mol. The molecule has 0 aliphatic rings. The number of para-hydroxylation sites is 1. The van der Waals surface area contributed by atoms with Gasteiger partial charge in [-0.25, -0.2) is 4.79 Å². The number of anilines is 2. The lowest BCUT2D eigenvalue weighted by molar-refractivity contribution is 0.0703. The molecule has 0 atom stereocenters. The van der Waals surface area contributed by atoms with Gasteiger partial charge in [-0.1, -0.05) is 18.2 Å². The Hall–Kier alpha value is -3.45. The number of nitrogens with one attached hydrogen (secondary N) is 1. The maximum Gasteiger partial charge on any atom is 0.348 e. The van der Waals surface area contributed by atoms with Crippen LogP contribution in [0.1, 0.15) is 9.67 Å². The molecule has 4 aromatic rings. The Morgan fingerprint density at radius 2 is 1.88 bits per heavy atom. The number of fused-ring (bicyclic) bond motifs is 1. The number of hydrogen-bond acceptors (Lipinski definition) is 5. The van der Waals surface area contributed by atoms with Gasteiger partial charge < -0.3 is 10.4 Å². The van der Waals surface area contributed by atoms with E-state index >= 15 is 0 Å². The van der Waals surface area contributed by atoms with Crippen LogP contribution in [0.4, 0.5) is 11.4 Å². The molecule has 7 heteroatoms. The zero-order valence-corrected chi connectivity index (χ0v) is 14.2. The molecular formula is C19H13N3O3S. The van der Waals surface area contributed by atoms with E-state index in [1.807, 2.05) is 30.3 Å². The van der Waals surface area contributed by atoms with Crippen molar-refractivity contribution >= 4 is 38.9 Å². The van der Waals surface area contributed by atoms with Crippen LogP contribution in [-0.4, -0.2) is 20.6 Å². The van der Waals surface area contributed by atoms with E-state index in [9.17, 15) is 14.7 Å². The Morgan fingerprint density at radius 3 is 2.58 bits per heavy atom. The van der Waals surface area contributed by atoms with Gasteiger partial charge >= 0.3 is 5.97 Å². The molecule has 26 heavy (non-hydrogen) atoms. The van der Waals surface area contributed by atoms with Crippen molar-refractivity contribution < 1.29 is 9.90 Å². The number of rotatable bonds is 4. The van der Waals surface area contributed by atoms with Gasteiger partial charge in [0.05, 0.1) is 23.3 Å². The molecule has 1 aromatic carbocycles. The van der Waals surface area contributed by atoms with Crippen LogP contribution in [0, 0.1) is 0 Å². The smallest absolute Gasteiger partial charge is 0.348 e. The minimum absolute atomic E-state index is 0.138. The summed E-state index contributed by atoms with van der Waals surface area (Å²) in [6.07, 6.45) is 3.25. The van der Waals surface area contributed by atoms with Gasteiger partial charge in [0.25, 0.3) is 5.56 Å². The molecule has 128 valence electrons. The van der Waals surface area contributed by atoms with E-state index in [2.05, 4.69) is 10.3 Å². The fourth-order valence-electron chi connectivity index (χ4n) is 2.76. The van der Waals surface area contributed by atoms with Crippen LogP contribution in [0.25, 0.3) is 15.9 Å². The highest BCUT2D eigenvalue weighted by atomic mass is 32.1. The number of thiophene rings is 1. The topological polar surface area (TPSA) is 84.2 Å². The Labute approximate surface area is 152 Å². The first-order valence-corrected chi connectivity index (χ1v) is 8.61. The van der Waals surface area contributed by atoms with Gasteiger partial charge in [0.1, 0.15) is 9.71 Å². The SMILES string of the molecule is O=C(O)c1sc2c(ccc(=O)n2-c2ccccc2)c1Nc1cccnc1. The summed E-state index contributed by atoms with van der Waals surface area (Å²) in [6.45, 7) is 0. The van der Waals surface area contributed by atoms with Crippen molar-refractivity contribution in [3.63, 3.8) is 0 Å². The number of aromatic nitrogens is 2. The monoisotopic (exact) mass is 363 g/mol. The highest BCUT2D eigenvalue weighted by Gasteiger charge is 2.21. The first-order valence-electron chi connectivity index (χ1n) is 7.79. The summed E-state index contributed by atoms with van der Waals surface area (Å²) in [5, 5.41) is 13.4. The Bertz CT molecular complexity index is 1150. The van der Waals surface area contributed by atoms with Gasteiger partial charge in [-0.2, -0.15) is 0 Å². The molecule has 0 spiro atoms. The second-order valence-electron chi connectivity index (χ2n) is 5.54. The molecule has 0 bridgehead atoms. The van der Waals surface area contributed by atoms with E-state index < -0.39 is 5.97 Å². The molecule has 0 saturated carbocycles. The lowest BCUT2D eigenvalue weighted by Gasteiger charge is -2.08. The van der Waals surface area contributed by atoms with E-state index in [0.717, 1.165) is 11.3 Å². The summed E-state index contributed by atoms with van der Waals surface area (Å²) >= 11 is 1.07. The van der Waals surface area contributed by atoms with Gasteiger partial charge in [-0.05, 0) is 30.3 Å². The third-order valence-corrected chi connectivity index (χ3v) is 5.06. The van der Waals surface area contributed by atoms with Gasteiger partial charge in [-0.3, -0.25) is 14.3 Å². The minimum atomic E-state index is -1.05. The van der Waals surface area contributed by atoms with Crippen molar-refractivity contribution in [2.24, 2.45) is 0 Å². The molecule has 0 fully saturated rings. The average Bonchev–Trinajstić information content (AvgIpc) is 3.02. The summed E-state index contributed by atoms with van der Waals surface area (Å²) in [4.78, 5) is 29.0. The van der Waals surface area contributed by atoms with Crippen molar-refractivity contribution in [2.75, 3.05) is 5.32 Å². The standard InChI is InChI=1S/C19H13N3O3S/c23-15-9-8-14-16(21-12-5-4-10-20-11-12)17(19(24)25)26-18(14)22(15)13-6-2-1-3-7-13/h1-11,21H,(H,24,25). The second-order valence-corrected chi connectivity index (χ2v) is 6.54. The highest BCUT2D eigenvalue weighted by Crippen LogP contribution is 2.37. The number of aromatic carboxylic acids is 1. The number of carboxylic acids is 1. The molecule has 0 saturated heterocycles. The molecule has 0 aliphatic carbocycles. The Morgan fingerprint density at radius 1 is 1.08 bits per heavy atom. The molecular weight excluding hydrogens is 350 g/mol. The maximum atomic E-state index is 12.5. The highest BCUT2D eigenvalue weighted by molar-refractivity contribution is 7.21. The Balaban J connectivity index is 1.99. The molecule has 0 unspecified atom stereocenters. The van der Waals surface area contributed by atoms with Crippen molar-refractivity contribution in [3.05, 3.63) is 82.2 Å². The number of nitrogens with zero attached hydrogens (tertiary/aromatic N) is 2. The van der Waals surface area contributed by atoms with Crippen molar-refractivity contribution in [3.8, 4) is 5.69 Å². The van der Waals surface area contributed by atoms with Crippen LogP contribution in [0.5, 0.6) is 0 Å². The van der Waals surface area contributed by atoms with Crippen molar-refractivity contribution in [1.82, 2.24) is 9.55 Å². The normalized spacial score (nSPS) is 10.8. The van der Waals surface area contributed by atoms with E-state index in [-0.39, 0.29) is 10.4 Å². The van der Waals surface area contributed by atoms with E-state index in [1.54, 1.807) is 30.6 Å². The fraction of sp³-hybridized carbons (Fsp3) is 0. The van der Waals surface area contributed by atoms with Gasteiger partial charge in [0, 0.05) is 17.6 Å². The second kappa shape index (κ2) is 6.45. The molecule has 3 heterocycles. The van der Waals surface area contributed by atoms with Crippen LogP contribution in [0.15, 0.2) is 71.8 Å².